The topological polar surface area (TPSA) is 111 Å². The first kappa shape index (κ1) is 11.6. The Kier molecular flexibility index (Phi) is 3.20. The van der Waals surface area contributed by atoms with Gasteiger partial charge in [-0.15, -0.1) is 0 Å². The summed E-state index contributed by atoms with van der Waals surface area (Å²) in [6.45, 7) is 1.01. The van der Waals surface area contributed by atoms with E-state index in [4.69, 9.17) is 5.26 Å². The van der Waals surface area contributed by atoms with Crippen molar-refractivity contribution in [3.63, 3.8) is 0 Å². The van der Waals surface area contributed by atoms with Crippen LogP contribution in [0.5, 0.6) is 0 Å². The molecular formula is C8H8N4O4. The van der Waals surface area contributed by atoms with Crippen molar-refractivity contribution >= 4 is 11.8 Å². The SMILES string of the molecule is CC(=O)OCc1nc([N+](=O)[O-])c(C#N)n1C. The lowest BCUT2D eigenvalue weighted by atomic mass is 10.5. The van der Waals surface area contributed by atoms with Crippen molar-refractivity contribution in [1.29, 1.82) is 5.26 Å². The summed E-state index contributed by atoms with van der Waals surface area (Å²) >= 11 is 0. The molecule has 0 N–H and O–H groups in total. The van der Waals surface area contributed by atoms with E-state index in [1.165, 1.54) is 18.5 Å². The van der Waals surface area contributed by atoms with Crippen LogP contribution >= 0.6 is 0 Å². The Bertz CT molecular complexity index is 485. The fourth-order valence-corrected chi connectivity index (χ4v) is 1.08. The number of hydrogen-bond acceptors (Lipinski definition) is 6. The summed E-state index contributed by atoms with van der Waals surface area (Å²) in [7, 11) is 1.44. The summed E-state index contributed by atoms with van der Waals surface area (Å²) in [6, 6.07) is 1.67. The van der Waals surface area contributed by atoms with Gasteiger partial charge in [0.15, 0.2) is 6.61 Å². The number of rotatable bonds is 3. The van der Waals surface area contributed by atoms with Gasteiger partial charge in [0.25, 0.3) is 5.82 Å². The fourth-order valence-electron chi connectivity index (χ4n) is 1.08. The molecule has 0 saturated carbocycles. The smallest absolute Gasteiger partial charge is 0.400 e. The van der Waals surface area contributed by atoms with Crippen molar-refractivity contribution in [2.75, 3.05) is 0 Å². The molecule has 1 rings (SSSR count). The minimum absolute atomic E-state index is 0.151. The van der Waals surface area contributed by atoms with Gasteiger partial charge < -0.3 is 14.9 Å². The number of imidazole rings is 1. The van der Waals surface area contributed by atoms with E-state index in [-0.39, 0.29) is 18.1 Å². The zero-order chi connectivity index (χ0) is 12.3. The molecule has 0 spiro atoms. The lowest BCUT2D eigenvalue weighted by Crippen LogP contribution is -2.05. The third-order valence-corrected chi connectivity index (χ3v) is 1.85. The summed E-state index contributed by atoms with van der Waals surface area (Å²) < 4.78 is 5.87. The first-order valence-corrected chi connectivity index (χ1v) is 4.20. The number of ether oxygens (including phenoxy) is 1. The molecule has 0 bridgehead atoms. The van der Waals surface area contributed by atoms with Crippen LogP contribution in [0.4, 0.5) is 5.82 Å². The normalized spacial score (nSPS) is 9.56. The van der Waals surface area contributed by atoms with Gasteiger partial charge in [-0.25, -0.2) is 0 Å². The molecule has 0 radical (unpaired) electrons. The molecule has 84 valence electrons. The van der Waals surface area contributed by atoms with E-state index in [1.807, 2.05) is 0 Å². The van der Waals surface area contributed by atoms with Gasteiger partial charge in [-0.2, -0.15) is 5.26 Å². The van der Waals surface area contributed by atoms with Gasteiger partial charge in [0.05, 0.1) is 0 Å². The quantitative estimate of drug-likeness (QED) is 0.413. The van der Waals surface area contributed by atoms with Crippen LogP contribution in [0, 0.1) is 21.4 Å². The van der Waals surface area contributed by atoms with E-state index in [2.05, 4.69) is 9.72 Å². The maximum Gasteiger partial charge on any atom is 0.400 e. The highest BCUT2D eigenvalue weighted by atomic mass is 16.6. The molecule has 16 heavy (non-hydrogen) atoms. The number of aromatic nitrogens is 2. The van der Waals surface area contributed by atoms with Crippen LogP contribution in [0.1, 0.15) is 18.4 Å². The monoisotopic (exact) mass is 224 g/mol. The van der Waals surface area contributed by atoms with E-state index in [0.29, 0.717) is 0 Å². The summed E-state index contributed by atoms with van der Waals surface area (Å²) in [4.78, 5) is 24.0. The second-order valence-corrected chi connectivity index (χ2v) is 2.91. The Labute approximate surface area is 90.2 Å². The van der Waals surface area contributed by atoms with Crippen LogP contribution in [0.25, 0.3) is 0 Å². The first-order valence-electron chi connectivity index (χ1n) is 4.20. The van der Waals surface area contributed by atoms with Crippen molar-refractivity contribution in [3.05, 3.63) is 21.6 Å². The van der Waals surface area contributed by atoms with Crippen molar-refractivity contribution in [2.45, 2.75) is 13.5 Å². The minimum atomic E-state index is -0.754. The standard InChI is InChI=1S/C8H8N4O4/c1-5(13)16-4-7-10-8(12(14)15)6(3-9)11(7)2/h4H2,1-2H3. The maximum atomic E-state index is 10.6. The molecule has 0 unspecified atom stereocenters. The van der Waals surface area contributed by atoms with Crippen molar-refractivity contribution in [1.82, 2.24) is 9.55 Å². The van der Waals surface area contributed by atoms with E-state index in [9.17, 15) is 14.9 Å². The van der Waals surface area contributed by atoms with E-state index in [0.717, 1.165) is 0 Å². The molecule has 1 aromatic heterocycles. The van der Waals surface area contributed by atoms with Gasteiger partial charge in [-0.1, -0.05) is 0 Å². The average molecular weight is 224 g/mol. The summed E-state index contributed by atoms with van der Waals surface area (Å²) in [5, 5.41) is 19.3. The van der Waals surface area contributed by atoms with Crippen LogP contribution in [0.15, 0.2) is 0 Å². The molecule has 8 nitrogen and oxygen atoms in total. The van der Waals surface area contributed by atoms with Gasteiger partial charge in [0.1, 0.15) is 6.07 Å². The third kappa shape index (κ3) is 2.14. The Hall–Kier alpha value is -2.43. The number of esters is 1. The highest BCUT2D eigenvalue weighted by molar-refractivity contribution is 5.65. The van der Waals surface area contributed by atoms with Crippen LogP contribution in [0.2, 0.25) is 0 Å². The second-order valence-electron chi connectivity index (χ2n) is 2.91. The zero-order valence-corrected chi connectivity index (χ0v) is 8.63. The second kappa shape index (κ2) is 4.39. The average Bonchev–Trinajstić information content (AvgIpc) is 2.52. The molecule has 8 heteroatoms. The van der Waals surface area contributed by atoms with Crippen molar-refractivity contribution < 1.29 is 14.5 Å². The Balaban J connectivity index is 3.09. The molecule has 0 amide bonds. The lowest BCUT2D eigenvalue weighted by Gasteiger charge is -1.97. The predicted octanol–water partition coefficient (Wildman–Crippen LogP) is 0.263. The first-order chi connectivity index (χ1) is 7.47. The highest BCUT2D eigenvalue weighted by Gasteiger charge is 2.25. The highest BCUT2D eigenvalue weighted by Crippen LogP contribution is 2.17. The molecular weight excluding hydrogens is 216 g/mol. The van der Waals surface area contributed by atoms with Crippen LogP contribution in [0.3, 0.4) is 0 Å². The third-order valence-electron chi connectivity index (χ3n) is 1.85. The molecule has 1 aromatic rings. The summed E-state index contributed by atoms with van der Waals surface area (Å²) in [5.74, 6) is -0.908. The molecule has 0 saturated heterocycles. The number of carbonyl (C=O) groups excluding carboxylic acids is 1. The molecule has 1 heterocycles. The van der Waals surface area contributed by atoms with Gasteiger partial charge >= 0.3 is 11.8 Å². The van der Waals surface area contributed by atoms with E-state index >= 15 is 0 Å². The van der Waals surface area contributed by atoms with Crippen molar-refractivity contribution in [3.8, 4) is 6.07 Å². The fraction of sp³-hybridized carbons (Fsp3) is 0.375. The molecule has 0 aliphatic carbocycles. The van der Waals surface area contributed by atoms with E-state index < -0.39 is 16.7 Å². The molecule has 0 aliphatic heterocycles. The largest absolute Gasteiger partial charge is 0.455 e. The molecule has 0 fully saturated rings. The molecule has 0 aliphatic rings. The minimum Gasteiger partial charge on any atom is -0.455 e. The number of carbonyl (C=O) groups is 1. The van der Waals surface area contributed by atoms with Gasteiger partial charge in [0, 0.05) is 14.0 Å². The zero-order valence-electron chi connectivity index (χ0n) is 8.63. The Morgan fingerprint density at radius 3 is 2.75 bits per heavy atom. The number of nitrogens with zero attached hydrogens (tertiary/aromatic N) is 4. The molecule has 0 atom stereocenters. The number of hydrogen-bond donors (Lipinski definition) is 0. The van der Waals surface area contributed by atoms with Gasteiger partial charge in [-0.3, -0.25) is 9.36 Å². The summed E-state index contributed by atoms with van der Waals surface area (Å²) in [5.41, 5.74) is -0.174. The molecule has 0 aromatic carbocycles. The van der Waals surface area contributed by atoms with Gasteiger partial charge in [0.2, 0.25) is 5.69 Å². The van der Waals surface area contributed by atoms with Crippen LogP contribution in [-0.2, 0) is 23.2 Å². The summed E-state index contributed by atoms with van der Waals surface area (Å²) in [6.07, 6.45) is 0. The van der Waals surface area contributed by atoms with Crippen LogP contribution < -0.4 is 0 Å². The number of nitro groups is 1. The van der Waals surface area contributed by atoms with Crippen LogP contribution in [-0.4, -0.2) is 20.4 Å². The Morgan fingerprint density at radius 1 is 1.75 bits per heavy atom. The lowest BCUT2D eigenvalue weighted by molar-refractivity contribution is -0.389. The Morgan fingerprint density at radius 2 is 2.38 bits per heavy atom. The van der Waals surface area contributed by atoms with E-state index in [1.54, 1.807) is 6.07 Å². The van der Waals surface area contributed by atoms with Gasteiger partial charge in [-0.05, 0) is 9.91 Å². The maximum absolute atomic E-state index is 10.6. The number of nitriles is 1. The van der Waals surface area contributed by atoms with Crippen molar-refractivity contribution in [2.24, 2.45) is 7.05 Å². The predicted molar refractivity (Wildman–Crippen MR) is 50.0 cm³/mol.